The second-order valence-corrected chi connectivity index (χ2v) is 9.22. The van der Waals surface area contributed by atoms with Crippen molar-refractivity contribution in [3.8, 4) is 0 Å². The molecule has 2 rings (SSSR count). The van der Waals surface area contributed by atoms with E-state index in [1.165, 1.54) is 0 Å². The summed E-state index contributed by atoms with van der Waals surface area (Å²) < 4.78 is 16.2. The van der Waals surface area contributed by atoms with Gasteiger partial charge in [0.25, 0.3) is 0 Å². The molecule has 0 spiro atoms. The van der Waals surface area contributed by atoms with Crippen molar-refractivity contribution in [2.75, 3.05) is 13.2 Å². The number of alkyl halides is 1. The summed E-state index contributed by atoms with van der Waals surface area (Å²) in [4.78, 5) is 12.0. The zero-order valence-corrected chi connectivity index (χ0v) is 15.9. The molecule has 1 aliphatic heterocycles. The number of hydrogen-bond donors (Lipinski definition) is 0. The van der Waals surface area contributed by atoms with Crippen LogP contribution in [-0.2, 0) is 26.1 Å². The topological polar surface area (TPSA) is 61.6 Å². The van der Waals surface area contributed by atoms with Crippen molar-refractivity contribution in [2.45, 2.75) is 69.4 Å². The van der Waals surface area contributed by atoms with E-state index in [2.05, 4.69) is 21.1 Å². The fourth-order valence-electron chi connectivity index (χ4n) is 2.30. The molecule has 0 bridgehead atoms. The molecule has 130 valence electrons. The van der Waals surface area contributed by atoms with Gasteiger partial charge in [0.05, 0.1) is 23.0 Å². The first-order chi connectivity index (χ1) is 10.7. The average molecular weight is 388 g/mol. The van der Waals surface area contributed by atoms with Crippen LogP contribution in [0.2, 0.25) is 0 Å². The number of nitrogens with zero attached hydrogens (tertiary/aromatic N) is 1. The predicted molar refractivity (Wildman–Crippen MR) is 90.8 cm³/mol. The average Bonchev–Trinajstić information content (AvgIpc) is 2.95. The summed E-state index contributed by atoms with van der Waals surface area (Å²) in [5, 5.41) is 4.12. The van der Waals surface area contributed by atoms with Gasteiger partial charge in [-0.05, 0) is 33.1 Å². The summed E-state index contributed by atoms with van der Waals surface area (Å²) in [5.41, 5.74) is 0.499. The molecule has 5 nitrogen and oxygen atoms in total. The van der Waals surface area contributed by atoms with Gasteiger partial charge in [-0.25, -0.2) is 0 Å². The van der Waals surface area contributed by atoms with E-state index in [0.717, 1.165) is 31.6 Å². The Morgan fingerprint density at radius 1 is 1.39 bits per heavy atom. The van der Waals surface area contributed by atoms with Gasteiger partial charge < -0.3 is 14.0 Å². The van der Waals surface area contributed by atoms with Crippen LogP contribution in [0.5, 0.6) is 0 Å². The molecule has 0 aromatic carbocycles. The summed E-state index contributed by atoms with van der Waals surface area (Å²) >= 11 is 3.37. The van der Waals surface area contributed by atoms with Gasteiger partial charge in [-0.2, -0.15) is 0 Å². The number of ketones is 1. The Morgan fingerprint density at radius 3 is 2.74 bits per heavy atom. The van der Waals surface area contributed by atoms with Crippen LogP contribution in [0.4, 0.5) is 0 Å². The highest BCUT2D eigenvalue weighted by molar-refractivity contribution is 9.10. The fourth-order valence-corrected chi connectivity index (χ4v) is 2.44. The molecular formula is C17H26BrNO4. The third-order valence-corrected chi connectivity index (χ3v) is 4.46. The molecule has 0 radical (unpaired) electrons. The van der Waals surface area contributed by atoms with Crippen LogP contribution in [-0.4, -0.2) is 34.8 Å². The first-order valence-electron chi connectivity index (χ1n) is 8.10. The molecule has 1 aliphatic rings. The van der Waals surface area contributed by atoms with Gasteiger partial charge >= 0.3 is 0 Å². The molecular weight excluding hydrogens is 362 g/mol. The molecule has 23 heavy (non-hydrogen) atoms. The smallest absolute Gasteiger partial charge is 0.157 e. The van der Waals surface area contributed by atoms with Gasteiger partial charge in [0.2, 0.25) is 0 Å². The lowest BCUT2D eigenvalue weighted by Gasteiger charge is -2.28. The summed E-state index contributed by atoms with van der Waals surface area (Å²) in [6, 6.07) is 1.85. The second-order valence-electron chi connectivity index (χ2n) is 7.24. The molecule has 2 heterocycles. The standard InChI is InChI=1S/C17H26BrNO4/c1-16(2,11-22-15-7-5-6-8-21-15)13-9-12(23-19-13)10-14(20)17(3,4)18/h9,15H,5-8,10-11H2,1-4H3. The van der Waals surface area contributed by atoms with Crippen molar-refractivity contribution in [1.29, 1.82) is 0 Å². The molecule has 1 atom stereocenters. The summed E-state index contributed by atoms with van der Waals surface area (Å²) in [7, 11) is 0. The molecule has 1 fully saturated rings. The van der Waals surface area contributed by atoms with Crippen LogP contribution >= 0.6 is 15.9 Å². The van der Waals surface area contributed by atoms with E-state index in [1.807, 2.05) is 33.8 Å². The lowest BCUT2D eigenvalue weighted by atomic mass is 9.90. The Balaban J connectivity index is 1.93. The number of carbonyl (C=O) groups excluding carboxylic acids is 1. The van der Waals surface area contributed by atoms with Gasteiger partial charge in [0.1, 0.15) is 5.76 Å². The van der Waals surface area contributed by atoms with Crippen LogP contribution in [0.25, 0.3) is 0 Å². The molecule has 0 aliphatic carbocycles. The summed E-state index contributed by atoms with van der Waals surface area (Å²) in [6.07, 6.45) is 3.30. The highest BCUT2D eigenvalue weighted by Crippen LogP contribution is 2.26. The maximum Gasteiger partial charge on any atom is 0.157 e. The first kappa shape index (κ1) is 18.6. The SMILES string of the molecule is CC(C)(Br)C(=O)Cc1cc(C(C)(C)COC2CCCCO2)no1. The van der Waals surface area contributed by atoms with Crippen LogP contribution in [0.15, 0.2) is 10.6 Å². The quantitative estimate of drug-likeness (QED) is 0.666. The summed E-state index contributed by atoms with van der Waals surface area (Å²) in [5.74, 6) is 0.643. The van der Waals surface area contributed by atoms with Gasteiger partial charge in [-0.15, -0.1) is 0 Å². The Kier molecular flexibility index (Phi) is 6.03. The van der Waals surface area contributed by atoms with E-state index < -0.39 is 4.32 Å². The molecule has 0 saturated carbocycles. The lowest BCUT2D eigenvalue weighted by Crippen LogP contribution is -2.31. The molecule has 1 unspecified atom stereocenters. The Bertz CT molecular complexity index is 527. The van der Waals surface area contributed by atoms with Crippen molar-refractivity contribution in [3.63, 3.8) is 0 Å². The monoisotopic (exact) mass is 387 g/mol. The van der Waals surface area contributed by atoms with Crippen molar-refractivity contribution in [1.82, 2.24) is 5.16 Å². The minimum atomic E-state index is -0.559. The Morgan fingerprint density at radius 2 is 2.13 bits per heavy atom. The number of ether oxygens (including phenoxy) is 2. The molecule has 1 saturated heterocycles. The normalized spacial score (nSPS) is 19.8. The second kappa shape index (κ2) is 7.45. The molecule has 0 N–H and O–H groups in total. The van der Waals surface area contributed by atoms with Gasteiger partial charge in [0.15, 0.2) is 12.1 Å². The van der Waals surface area contributed by atoms with Crippen LogP contribution in [0.3, 0.4) is 0 Å². The number of rotatable bonds is 7. The highest BCUT2D eigenvalue weighted by atomic mass is 79.9. The van der Waals surface area contributed by atoms with Crippen molar-refractivity contribution in [3.05, 3.63) is 17.5 Å². The zero-order valence-electron chi connectivity index (χ0n) is 14.4. The van der Waals surface area contributed by atoms with E-state index in [-0.39, 0.29) is 23.9 Å². The van der Waals surface area contributed by atoms with Crippen molar-refractivity contribution >= 4 is 21.7 Å². The third-order valence-electron chi connectivity index (χ3n) is 4.02. The van der Waals surface area contributed by atoms with Crippen LogP contribution < -0.4 is 0 Å². The van der Waals surface area contributed by atoms with E-state index >= 15 is 0 Å². The number of carbonyl (C=O) groups is 1. The number of aromatic nitrogens is 1. The Hall–Kier alpha value is -0.720. The van der Waals surface area contributed by atoms with E-state index in [0.29, 0.717) is 12.4 Å². The van der Waals surface area contributed by atoms with Crippen LogP contribution in [0, 0.1) is 0 Å². The zero-order chi connectivity index (χ0) is 17.1. The maximum atomic E-state index is 12.0. The molecule has 1 aromatic heterocycles. The van der Waals surface area contributed by atoms with Crippen molar-refractivity contribution in [2.24, 2.45) is 0 Å². The van der Waals surface area contributed by atoms with Gasteiger partial charge in [-0.3, -0.25) is 4.79 Å². The predicted octanol–water partition coefficient (Wildman–Crippen LogP) is 3.78. The maximum absolute atomic E-state index is 12.0. The lowest BCUT2D eigenvalue weighted by molar-refractivity contribution is -0.170. The molecule has 0 amide bonds. The van der Waals surface area contributed by atoms with Gasteiger partial charge in [-0.1, -0.05) is 34.9 Å². The highest BCUT2D eigenvalue weighted by Gasteiger charge is 2.29. The van der Waals surface area contributed by atoms with E-state index in [9.17, 15) is 4.79 Å². The Labute approximate surface area is 146 Å². The van der Waals surface area contributed by atoms with Gasteiger partial charge in [0, 0.05) is 18.1 Å². The minimum absolute atomic E-state index is 0.0601. The number of hydrogen-bond acceptors (Lipinski definition) is 5. The van der Waals surface area contributed by atoms with Crippen molar-refractivity contribution < 1.29 is 18.8 Å². The summed E-state index contributed by atoms with van der Waals surface area (Å²) in [6.45, 7) is 9.02. The third kappa shape index (κ3) is 5.40. The van der Waals surface area contributed by atoms with E-state index in [4.69, 9.17) is 14.0 Å². The van der Waals surface area contributed by atoms with Crippen LogP contribution in [0.1, 0.15) is 58.4 Å². The number of Topliss-reactive ketones (excluding diaryl/α,β-unsaturated/α-hetero) is 1. The number of halogens is 1. The molecule has 6 heteroatoms. The minimum Gasteiger partial charge on any atom is -0.361 e. The largest absolute Gasteiger partial charge is 0.361 e. The fraction of sp³-hybridized carbons (Fsp3) is 0.765. The van der Waals surface area contributed by atoms with E-state index in [1.54, 1.807) is 0 Å². The molecule has 1 aromatic rings. The first-order valence-corrected chi connectivity index (χ1v) is 8.89.